The molecular weight excluding hydrogens is 179 g/mol. The highest BCUT2D eigenvalue weighted by atomic mass is 19.4. The van der Waals surface area contributed by atoms with E-state index in [1.807, 2.05) is 0 Å². The lowest BCUT2D eigenvalue weighted by atomic mass is 10.5. The Kier molecular flexibility index (Phi) is 2.03. The van der Waals surface area contributed by atoms with Crippen LogP contribution in [0.4, 0.5) is 13.2 Å². The monoisotopic (exact) mass is 181 g/mol. The van der Waals surface area contributed by atoms with Gasteiger partial charge in [0, 0.05) is 6.07 Å². The zero-order valence-corrected chi connectivity index (χ0v) is 5.46. The molecule has 0 saturated carbocycles. The minimum atomic E-state index is -5.00. The van der Waals surface area contributed by atoms with Crippen molar-refractivity contribution in [3.05, 3.63) is 18.0 Å². The van der Waals surface area contributed by atoms with Crippen LogP contribution >= 0.6 is 0 Å². The van der Waals surface area contributed by atoms with Crippen LogP contribution in [0, 0.1) is 0 Å². The lowest BCUT2D eigenvalue weighted by Crippen LogP contribution is -2.18. The predicted octanol–water partition coefficient (Wildman–Crippen LogP) is 1.35. The maximum Gasteiger partial charge on any atom is 0.575 e. The van der Waals surface area contributed by atoms with Gasteiger partial charge in [0.05, 0.1) is 6.20 Å². The highest BCUT2D eigenvalue weighted by Gasteiger charge is 2.35. The number of carbonyl (C=O) groups is 1. The van der Waals surface area contributed by atoms with E-state index in [9.17, 15) is 18.0 Å². The summed E-state index contributed by atoms with van der Waals surface area (Å²) < 4.78 is 41.3. The molecule has 0 amide bonds. The Labute approximate surface area is 63.9 Å². The molecule has 1 aromatic heterocycles. The third-order valence-electron chi connectivity index (χ3n) is 0.847. The van der Waals surface area contributed by atoms with E-state index in [2.05, 4.69) is 14.4 Å². The van der Waals surface area contributed by atoms with Gasteiger partial charge in [-0.25, -0.2) is 4.79 Å². The number of carbonyl (C=O) groups excluding carboxylic acids is 1. The van der Waals surface area contributed by atoms with E-state index in [1.54, 1.807) is 0 Å². The minimum Gasteiger partial charge on any atom is -0.367 e. The Morgan fingerprint density at radius 3 is 2.67 bits per heavy atom. The summed E-state index contributed by atoms with van der Waals surface area (Å²) in [7, 11) is 0. The molecule has 12 heavy (non-hydrogen) atoms. The lowest BCUT2D eigenvalue weighted by molar-refractivity contribution is -0.292. The number of ether oxygens (including phenoxy) is 1. The third-order valence-corrected chi connectivity index (χ3v) is 0.847. The highest BCUT2D eigenvalue weighted by Crippen LogP contribution is 2.18. The van der Waals surface area contributed by atoms with Gasteiger partial charge in [-0.2, -0.15) is 0 Å². The zero-order chi connectivity index (χ0) is 9.19. The number of rotatable bonds is 1. The van der Waals surface area contributed by atoms with Crippen LogP contribution in [0.2, 0.25) is 0 Å². The van der Waals surface area contributed by atoms with Crippen LogP contribution in [0.1, 0.15) is 10.6 Å². The Hall–Kier alpha value is -1.53. The molecule has 1 rings (SSSR count). The van der Waals surface area contributed by atoms with Gasteiger partial charge >= 0.3 is 12.3 Å². The zero-order valence-electron chi connectivity index (χ0n) is 5.46. The van der Waals surface area contributed by atoms with Gasteiger partial charge < -0.3 is 9.26 Å². The summed E-state index contributed by atoms with van der Waals surface area (Å²) in [5.41, 5.74) is 0. The van der Waals surface area contributed by atoms with E-state index < -0.39 is 18.1 Å². The molecule has 0 N–H and O–H groups in total. The fraction of sp³-hybridized carbons (Fsp3) is 0.200. The van der Waals surface area contributed by atoms with Crippen molar-refractivity contribution in [1.29, 1.82) is 0 Å². The van der Waals surface area contributed by atoms with E-state index >= 15 is 0 Å². The average molecular weight is 181 g/mol. The molecular formula is C5H2F3NO3. The van der Waals surface area contributed by atoms with Gasteiger partial charge in [0.25, 0.3) is 0 Å². The number of aromatic nitrogens is 1. The molecule has 0 saturated heterocycles. The lowest BCUT2D eigenvalue weighted by Gasteiger charge is -2.03. The first-order valence-corrected chi connectivity index (χ1v) is 2.70. The van der Waals surface area contributed by atoms with Crippen molar-refractivity contribution in [2.75, 3.05) is 0 Å². The van der Waals surface area contributed by atoms with Crippen molar-refractivity contribution in [2.45, 2.75) is 6.36 Å². The summed E-state index contributed by atoms with van der Waals surface area (Å²) in [6.07, 6.45) is -3.96. The maximum absolute atomic E-state index is 11.4. The molecule has 0 aliphatic carbocycles. The second-order valence-electron chi connectivity index (χ2n) is 1.71. The second kappa shape index (κ2) is 2.84. The van der Waals surface area contributed by atoms with Crippen molar-refractivity contribution in [1.82, 2.24) is 5.16 Å². The van der Waals surface area contributed by atoms with Crippen molar-refractivity contribution >= 4 is 5.97 Å². The van der Waals surface area contributed by atoms with Crippen molar-refractivity contribution in [3.8, 4) is 0 Å². The van der Waals surface area contributed by atoms with Crippen LogP contribution in [0.5, 0.6) is 0 Å². The standard InChI is InChI=1S/C5H2F3NO3/c6-5(7,8)11-4(10)3-1-2-9-12-3/h1-2H. The molecule has 1 aromatic rings. The van der Waals surface area contributed by atoms with E-state index in [1.165, 1.54) is 0 Å². The van der Waals surface area contributed by atoms with E-state index in [0.29, 0.717) is 0 Å². The smallest absolute Gasteiger partial charge is 0.367 e. The number of alkyl halides is 3. The maximum atomic E-state index is 11.4. The van der Waals surface area contributed by atoms with Crippen LogP contribution in [0.15, 0.2) is 16.8 Å². The molecule has 0 spiro atoms. The molecule has 7 heteroatoms. The van der Waals surface area contributed by atoms with Crippen molar-refractivity contribution in [2.24, 2.45) is 0 Å². The van der Waals surface area contributed by atoms with E-state index in [-0.39, 0.29) is 0 Å². The molecule has 0 radical (unpaired) electrons. The minimum absolute atomic E-state index is 0.590. The summed E-state index contributed by atoms with van der Waals surface area (Å²) in [6, 6.07) is 0.966. The van der Waals surface area contributed by atoms with Gasteiger partial charge in [-0.05, 0) is 0 Å². The van der Waals surface area contributed by atoms with Gasteiger partial charge in [0.15, 0.2) is 0 Å². The summed E-state index contributed by atoms with van der Waals surface area (Å²) in [4.78, 5) is 10.4. The first-order chi connectivity index (χ1) is 5.49. The largest absolute Gasteiger partial charge is 0.575 e. The first-order valence-electron chi connectivity index (χ1n) is 2.70. The molecule has 4 nitrogen and oxygen atoms in total. The number of halogens is 3. The van der Waals surface area contributed by atoms with Crippen LogP contribution < -0.4 is 0 Å². The molecule has 0 aliphatic heterocycles. The number of esters is 1. The fourth-order valence-corrected chi connectivity index (χ4v) is 0.476. The summed E-state index contributed by atoms with van der Waals surface area (Å²) in [5, 5.41) is 3.03. The quantitative estimate of drug-likeness (QED) is 0.613. The molecule has 0 aromatic carbocycles. The molecule has 0 fully saturated rings. The van der Waals surface area contributed by atoms with Crippen LogP contribution in [0.25, 0.3) is 0 Å². The van der Waals surface area contributed by atoms with Crippen LogP contribution in [0.3, 0.4) is 0 Å². The predicted molar refractivity (Wildman–Crippen MR) is 28.0 cm³/mol. The van der Waals surface area contributed by atoms with Gasteiger partial charge in [-0.3, -0.25) is 0 Å². The van der Waals surface area contributed by atoms with E-state index in [0.717, 1.165) is 12.3 Å². The molecule has 0 unspecified atom stereocenters. The Balaban J connectivity index is 2.63. The number of hydrogen-bond donors (Lipinski definition) is 0. The van der Waals surface area contributed by atoms with E-state index in [4.69, 9.17) is 0 Å². The fourth-order valence-electron chi connectivity index (χ4n) is 0.476. The third kappa shape index (κ3) is 2.26. The van der Waals surface area contributed by atoms with Crippen LogP contribution in [-0.4, -0.2) is 17.5 Å². The first kappa shape index (κ1) is 8.57. The molecule has 0 atom stereocenters. The van der Waals surface area contributed by atoms with Crippen molar-refractivity contribution < 1.29 is 27.2 Å². The second-order valence-corrected chi connectivity index (χ2v) is 1.71. The normalized spacial score (nSPS) is 11.2. The Morgan fingerprint density at radius 2 is 2.25 bits per heavy atom. The molecule has 0 aliphatic rings. The Bertz CT molecular complexity index is 266. The van der Waals surface area contributed by atoms with Gasteiger partial charge in [-0.15, -0.1) is 13.2 Å². The summed E-state index contributed by atoms with van der Waals surface area (Å²) in [5.74, 6) is -2.20. The summed E-state index contributed by atoms with van der Waals surface area (Å²) in [6.45, 7) is 0. The SMILES string of the molecule is O=C(OC(F)(F)F)c1ccno1. The van der Waals surface area contributed by atoms with Gasteiger partial charge in [-0.1, -0.05) is 5.16 Å². The number of hydrogen-bond acceptors (Lipinski definition) is 4. The summed E-state index contributed by atoms with van der Waals surface area (Å²) >= 11 is 0. The van der Waals surface area contributed by atoms with Gasteiger partial charge in [0.2, 0.25) is 5.76 Å². The average Bonchev–Trinajstić information content (AvgIpc) is 2.32. The molecule has 66 valence electrons. The van der Waals surface area contributed by atoms with Crippen LogP contribution in [-0.2, 0) is 4.74 Å². The highest BCUT2D eigenvalue weighted by molar-refractivity contribution is 5.86. The topological polar surface area (TPSA) is 52.3 Å². The van der Waals surface area contributed by atoms with Crippen molar-refractivity contribution in [3.63, 3.8) is 0 Å². The molecule has 1 heterocycles. The number of nitrogens with zero attached hydrogens (tertiary/aromatic N) is 1. The Morgan fingerprint density at radius 1 is 1.58 bits per heavy atom. The van der Waals surface area contributed by atoms with Gasteiger partial charge in [0.1, 0.15) is 0 Å². The molecule has 0 bridgehead atoms.